The van der Waals surface area contributed by atoms with E-state index < -0.39 is 11.8 Å². The smallest absolute Gasteiger partial charge is 0.273 e. The number of anilines is 1. The van der Waals surface area contributed by atoms with Gasteiger partial charge in [0.2, 0.25) is 5.91 Å². The first-order valence-electron chi connectivity index (χ1n) is 8.74. The van der Waals surface area contributed by atoms with E-state index in [-0.39, 0.29) is 29.8 Å². The van der Waals surface area contributed by atoms with Crippen molar-refractivity contribution >= 4 is 28.5 Å². The van der Waals surface area contributed by atoms with Gasteiger partial charge in [-0.15, -0.1) is 10.2 Å². The lowest BCUT2D eigenvalue weighted by molar-refractivity contribution is 0.0989. The minimum Gasteiger partial charge on any atom is -0.366 e. The fourth-order valence-electron chi connectivity index (χ4n) is 2.95. The number of nitrogens with two attached hydrogens (primary N) is 2. The Labute approximate surface area is 168 Å². The molecule has 0 unspecified atom stereocenters. The summed E-state index contributed by atoms with van der Waals surface area (Å²) in [5, 5.41) is 15.4. The van der Waals surface area contributed by atoms with Crippen LogP contribution in [0.2, 0.25) is 0 Å². The Kier molecular flexibility index (Phi) is 4.76. The number of nitrogens with zero attached hydrogens (tertiary/aromatic N) is 5. The number of rotatable bonds is 6. The maximum Gasteiger partial charge on any atom is 0.273 e. The number of benzene rings is 2. The molecule has 0 bridgehead atoms. The molecule has 150 valence electrons. The van der Waals surface area contributed by atoms with E-state index in [1.807, 2.05) is 0 Å². The Balaban J connectivity index is 1.74. The molecular formula is C19H15FN8O2. The van der Waals surface area contributed by atoms with Crippen molar-refractivity contribution in [1.82, 2.24) is 25.0 Å². The number of nitrogens with one attached hydrogen (secondary N) is 1. The van der Waals surface area contributed by atoms with Crippen LogP contribution in [0.1, 0.15) is 26.4 Å². The molecular weight excluding hydrogens is 391 g/mol. The van der Waals surface area contributed by atoms with Crippen LogP contribution in [0.3, 0.4) is 0 Å². The minimum atomic E-state index is -0.829. The molecule has 10 nitrogen and oxygen atoms in total. The molecule has 0 saturated carbocycles. The standard InChI is InChI=1S/C19H15FN8O2/c20-11-4-1-3-10(7-11)8-23-18-15(17(22)30)26-27-19(25-18)28-14-6-2-5-12(16(21)29)13(14)9-24-28/h1-7,9H,8H2,(H2,21,29)(H2,22,30)(H,23,25,27). The van der Waals surface area contributed by atoms with Crippen molar-refractivity contribution in [2.45, 2.75) is 6.54 Å². The molecule has 4 rings (SSSR count). The SMILES string of the molecule is NC(=O)c1nnc(-n2ncc3c(C(N)=O)cccc32)nc1NCc1cccc(F)c1. The highest BCUT2D eigenvalue weighted by Crippen LogP contribution is 2.21. The monoisotopic (exact) mass is 406 g/mol. The summed E-state index contributed by atoms with van der Waals surface area (Å²) in [5.74, 6) is -1.71. The van der Waals surface area contributed by atoms with E-state index in [2.05, 4.69) is 25.6 Å². The van der Waals surface area contributed by atoms with Gasteiger partial charge in [-0.2, -0.15) is 14.8 Å². The Hall–Kier alpha value is -4.41. The van der Waals surface area contributed by atoms with Gasteiger partial charge < -0.3 is 16.8 Å². The van der Waals surface area contributed by atoms with Crippen molar-refractivity contribution in [3.8, 4) is 5.95 Å². The normalized spacial score (nSPS) is 10.8. The van der Waals surface area contributed by atoms with Crippen LogP contribution in [0.5, 0.6) is 0 Å². The Morgan fingerprint density at radius 2 is 1.87 bits per heavy atom. The highest BCUT2D eigenvalue weighted by Gasteiger charge is 2.18. The predicted octanol–water partition coefficient (Wildman–Crippen LogP) is 1.16. The number of primary amides is 2. The minimum absolute atomic E-state index is 0.0402. The fraction of sp³-hybridized carbons (Fsp3) is 0.0526. The molecule has 0 aliphatic heterocycles. The van der Waals surface area contributed by atoms with Crippen LogP contribution < -0.4 is 16.8 Å². The average molecular weight is 406 g/mol. The van der Waals surface area contributed by atoms with Crippen LogP contribution in [-0.4, -0.2) is 36.8 Å². The molecule has 0 spiro atoms. The molecule has 11 heteroatoms. The van der Waals surface area contributed by atoms with E-state index >= 15 is 0 Å². The van der Waals surface area contributed by atoms with E-state index in [1.54, 1.807) is 30.3 Å². The maximum absolute atomic E-state index is 13.4. The van der Waals surface area contributed by atoms with E-state index in [4.69, 9.17) is 11.5 Å². The van der Waals surface area contributed by atoms with Crippen molar-refractivity contribution < 1.29 is 14.0 Å². The summed E-state index contributed by atoms with van der Waals surface area (Å²) < 4.78 is 14.8. The zero-order valence-corrected chi connectivity index (χ0v) is 15.4. The highest BCUT2D eigenvalue weighted by atomic mass is 19.1. The summed E-state index contributed by atoms with van der Waals surface area (Å²) in [6.45, 7) is 0.169. The van der Waals surface area contributed by atoms with Crippen molar-refractivity contribution in [1.29, 1.82) is 0 Å². The number of hydrogen-bond acceptors (Lipinski definition) is 7. The van der Waals surface area contributed by atoms with Crippen LogP contribution in [0.25, 0.3) is 16.9 Å². The number of hydrogen-bond donors (Lipinski definition) is 3. The molecule has 2 heterocycles. The van der Waals surface area contributed by atoms with Crippen LogP contribution in [-0.2, 0) is 6.54 Å². The van der Waals surface area contributed by atoms with Crippen LogP contribution >= 0.6 is 0 Å². The van der Waals surface area contributed by atoms with Gasteiger partial charge in [-0.1, -0.05) is 18.2 Å². The second kappa shape index (κ2) is 7.54. The summed E-state index contributed by atoms with van der Waals surface area (Å²) in [5.41, 5.74) is 12.0. The number of halogens is 1. The van der Waals surface area contributed by atoms with Gasteiger partial charge in [0.25, 0.3) is 11.9 Å². The van der Waals surface area contributed by atoms with Crippen LogP contribution in [0.4, 0.5) is 10.2 Å². The van der Waals surface area contributed by atoms with E-state index in [0.29, 0.717) is 22.0 Å². The first-order valence-corrected chi connectivity index (χ1v) is 8.74. The first kappa shape index (κ1) is 18.9. The van der Waals surface area contributed by atoms with E-state index in [1.165, 1.54) is 23.0 Å². The zero-order valence-electron chi connectivity index (χ0n) is 15.4. The summed E-state index contributed by atoms with van der Waals surface area (Å²) in [6, 6.07) is 10.9. The van der Waals surface area contributed by atoms with E-state index in [9.17, 15) is 14.0 Å². The summed E-state index contributed by atoms with van der Waals surface area (Å²) in [7, 11) is 0. The van der Waals surface area contributed by atoms with Gasteiger partial charge in [0.05, 0.1) is 17.3 Å². The maximum atomic E-state index is 13.4. The molecule has 0 saturated heterocycles. The Bertz CT molecular complexity index is 1290. The Morgan fingerprint density at radius 3 is 2.60 bits per heavy atom. The molecule has 4 aromatic rings. The quantitative estimate of drug-likeness (QED) is 0.434. The molecule has 2 aromatic heterocycles. The van der Waals surface area contributed by atoms with Gasteiger partial charge in [0.1, 0.15) is 5.82 Å². The first-order chi connectivity index (χ1) is 14.4. The largest absolute Gasteiger partial charge is 0.366 e. The second-order valence-corrected chi connectivity index (χ2v) is 6.32. The number of carbonyl (C=O) groups excluding carboxylic acids is 2. The van der Waals surface area contributed by atoms with E-state index in [0.717, 1.165) is 0 Å². The number of carbonyl (C=O) groups is 2. The third-order valence-corrected chi connectivity index (χ3v) is 4.33. The van der Waals surface area contributed by atoms with Crippen molar-refractivity contribution in [2.24, 2.45) is 11.5 Å². The molecule has 5 N–H and O–H groups in total. The lowest BCUT2D eigenvalue weighted by atomic mass is 10.1. The van der Waals surface area contributed by atoms with Gasteiger partial charge in [0.15, 0.2) is 11.5 Å². The second-order valence-electron chi connectivity index (χ2n) is 6.32. The van der Waals surface area contributed by atoms with Gasteiger partial charge in [-0.3, -0.25) is 9.59 Å². The van der Waals surface area contributed by atoms with Gasteiger partial charge in [0, 0.05) is 11.9 Å². The molecule has 0 radical (unpaired) electrons. The summed E-state index contributed by atoms with van der Waals surface area (Å²) in [4.78, 5) is 27.7. The molecule has 2 amide bonds. The fourth-order valence-corrected chi connectivity index (χ4v) is 2.95. The molecule has 0 aliphatic rings. The van der Waals surface area contributed by atoms with Crippen molar-refractivity contribution in [3.63, 3.8) is 0 Å². The number of amides is 2. The lowest BCUT2D eigenvalue weighted by Gasteiger charge is -2.10. The zero-order chi connectivity index (χ0) is 21.3. The van der Waals surface area contributed by atoms with Crippen LogP contribution in [0, 0.1) is 5.82 Å². The van der Waals surface area contributed by atoms with Crippen LogP contribution in [0.15, 0.2) is 48.7 Å². The van der Waals surface area contributed by atoms with Gasteiger partial charge in [-0.25, -0.2) is 4.39 Å². The average Bonchev–Trinajstić information content (AvgIpc) is 3.16. The third-order valence-electron chi connectivity index (χ3n) is 4.33. The molecule has 0 fully saturated rings. The predicted molar refractivity (Wildman–Crippen MR) is 105 cm³/mol. The summed E-state index contributed by atoms with van der Waals surface area (Å²) >= 11 is 0. The van der Waals surface area contributed by atoms with Crippen molar-refractivity contribution in [3.05, 3.63) is 71.3 Å². The lowest BCUT2D eigenvalue weighted by Crippen LogP contribution is -2.20. The molecule has 2 aromatic carbocycles. The Morgan fingerprint density at radius 1 is 1.07 bits per heavy atom. The van der Waals surface area contributed by atoms with Gasteiger partial charge in [-0.05, 0) is 29.8 Å². The number of aromatic nitrogens is 5. The molecule has 0 aliphatic carbocycles. The van der Waals surface area contributed by atoms with Crippen molar-refractivity contribution in [2.75, 3.05) is 5.32 Å². The van der Waals surface area contributed by atoms with Gasteiger partial charge >= 0.3 is 0 Å². The summed E-state index contributed by atoms with van der Waals surface area (Å²) in [6.07, 6.45) is 1.46. The topological polar surface area (TPSA) is 155 Å². The highest BCUT2D eigenvalue weighted by molar-refractivity contribution is 6.05. The number of fused-ring (bicyclic) bond motifs is 1. The third kappa shape index (κ3) is 3.51. The molecule has 30 heavy (non-hydrogen) atoms. The molecule has 0 atom stereocenters.